The van der Waals surface area contributed by atoms with Crippen LogP contribution < -0.4 is 0 Å². The number of carbonyl (C=O) groups is 2. The van der Waals surface area contributed by atoms with E-state index in [1.807, 2.05) is 0 Å². The van der Waals surface area contributed by atoms with E-state index < -0.39 is 11.9 Å². The van der Waals surface area contributed by atoms with Gasteiger partial charge in [-0.1, -0.05) is 12.1 Å². The number of aromatic hydroxyl groups is 1. The van der Waals surface area contributed by atoms with Gasteiger partial charge in [0, 0.05) is 5.56 Å². The summed E-state index contributed by atoms with van der Waals surface area (Å²) >= 11 is 0. The SMILES string of the molecule is CCOC(=O)c1c(C)nc(C)c(C(=O)OCC)c1-c1cccc(O)c1. The topological polar surface area (TPSA) is 85.7 Å². The number of aromatic nitrogens is 1. The molecule has 0 fully saturated rings. The van der Waals surface area contributed by atoms with Gasteiger partial charge < -0.3 is 14.6 Å². The lowest BCUT2D eigenvalue weighted by Crippen LogP contribution is -2.17. The Morgan fingerprint density at radius 3 is 1.96 bits per heavy atom. The summed E-state index contributed by atoms with van der Waals surface area (Å²) in [5.74, 6) is -1.12. The molecule has 0 atom stereocenters. The van der Waals surface area contributed by atoms with Crippen molar-refractivity contribution >= 4 is 11.9 Å². The van der Waals surface area contributed by atoms with E-state index in [-0.39, 0.29) is 30.1 Å². The van der Waals surface area contributed by atoms with Crippen molar-refractivity contribution in [2.24, 2.45) is 0 Å². The molecular formula is C19H21NO5. The van der Waals surface area contributed by atoms with E-state index in [1.165, 1.54) is 12.1 Å². The molecule has 1 N–H and O–H groups in total. The van der Waals surface area contributed by atoms with Gasteiger partial charge in [0.2, 0.25) is 0 Å². The first-order valence-electron chi connectivity index (χ1n) is 8.05. The molecule has 2 aromatic rings. The molecule has 2 rings (SSSR count). The minimum absolute atomic E-state index is 0.0224. The molecule has 0 aliphatic rings. The van der Waals surface area contributed by atoms with Gasteiger partial charge in [0.25, 0.3) is 0 Å². The normalized spacial score (nSPS) is 10.4. The Balaban J connectivity index is 2.85. The van der Waals surface area contributed by atoms with Crippen LogP contribution in [0.1, 0.15) is 46.0 Å². The van der Waals surface area contributed by atoms with E-state index in [2.05, 4.69) is 4.98 Å². The summed E-state index contributed by atoms with van der Waals surface area (Å²) in [6.07, 6.45) is 0. The number of phenols is 1. The summed E-state index contributed by atoms with van der Waals surface area (Å²) in [5, 5.41) is 9.83. The maximum absolute atomic E-state index is 12.5. The van der Waals surface area contributed by atoms with Gasteiger partial charge in [0.05, 0.1) is 35.7 Å². The van der Waals surface area contributed by atoms with E-state index >= 15 is 0 Å². The molecule has 1 aromatic carbocycles. The Hall–Kier alpha value is -2.89. The second kappa shape index (κ2) is 7.79. The zero-order valence-electron chi connectivity index (χ0n) is 14.8. The number of carbonyl (C=O) groups excluding carboxylic acids is 2. The first kappa shape index (κ1) is 18.4. The first-order valence-corrected chi connectivity index (χ1v) is 8.05. The van der Waals surface area contributed by atoms with E-state index in [1.54, 1.807) is 39.8 Å². The molecule has 0 saturated heterocycles. The Bertz CT molecular complexity index is 771. The molecule has 1 aromatic heterocycles. The highest BCUT2D eigenvalue weighted by molar-refractivity contribution is 6.07. The number of phenolic OH excluding ortho intramolecular Hbond substituents is 1. The van der Waals surface area contributed by atoms with E-state index in [4.69, 9.17) is 9.47 Å². The summed E-state index contributed by atoms with van der Waals surface area (Å²) in [6.45, 7) is 7.16. The summed E-state index contributed by atoms with van der Waals surface area (Å²) in [7, 11) is 0. The van der Waals surface area contributed by atoms with Gasteiger partial charge in [-0.25, -0.2) is 9.59 Å². The van der Waals surface area contributed by atoms with Crippen molar-refractivity contribution in [2.75, 3.05) is 13.2 Å². The molecule has 6 heteroatoms. The maximum Gasteiger partial charge on any atom is 0.340 e. The number of esters is 2. The molecule has 6 nitrogen and oxygen atoms in total. The second-order valence-electron chi connectivity index (χ2n) is 5.40. The lowest BCUT2D eigenvalue weighted by atomic mass is 9.92. The third-order valence-corrected chi connectivity index (χ3v) is 3.65. The lowest BCUT2D eigenvalue weighted by Gasteiger charge is -2.17. The van der Waals surface area contributed by atoms with Crippen molar-refractivity contribution in [1.82, 2.24) is 4.98 Å². The standard InChI is InChI=1S/C19H21NO5/c1-5-24-18(22)15-11(3)20-12(4)16(19(23)25-6-2)17(15)13-8-7-9-14(21)10-13/h7-10,21H,5-6H2,1-4H3. The van der Waals surface area contributed by atoms with Crippen molar-refractivity contribution < 1.29 is 24.2 Å². The lowest BCUT2D eigenvalue weighted by molar-refractivity contribution is 0.0525. The number of aryl methyl sites for hydroxylation is 2. The molecule has 0 saturated carbocycles. The zero-order chi connectivity index (χ0) is 18.6. The van der Waals surface area contributed by atoms with Crippen molar-refractivity contribution in [3.8, 4) is 16.9 Å². The molecular weight excluding hydrogens is 322 g/mol. The third kappa shape index (κ3) is 3.79. The number of hydrogen-bond acceptors (Lipinski definition) is 6. The van der Waals surface area contributed by atoms with Crippen LogP contribution in [0.4, 0.5) is 0 Å². The van der Waals surface area contributed by atoms with Crippen LogP contribution in [0.25, 0.3) is 11.1 Å². The second-order valence-corrected chi connectivity index (χ2v) is 5.40. The van der Waals surface area contributed by atoms with Crippen LogP contribution in [0.5, 0.6) is 5.75 Å². The van der Waals surface area contributed by atoms with Crippen molar-refractivity contribution in [3.63, 3.8) is 0 Å². The van der Waals surface area contributed by atoms with Crippen LogP contribution in [0.2, 0.25) is 0 Å². The van der Waals surface area contributed by atoms with Crippen LogP contribution in [0, 0.1) is 13.8 Å². The quantitative estimate of drug-likeness (QED) is 0.837. The Morgan fingerprint density at radius 2 is 1.52 bits per heavy atom. The monoisotopic (exact) mass is 343 g/mol. The molecule has 0 aliphatic carbocycles. The fraction of sp³-hybridized carbons (Fsp3) is 0.316. The Kier molecular flexibility index (Phi) is 5.75. The van der Waals surface area contributed by atoms with Crippen molar-refractivity contribution in [2.45, 2.75) is 27.7 Å². The predicted octanol–water partition coefficient (Wildman–Crippen LogP) is 3.42. The average Bonchev–Trinajstić information content (AvgIpc) is 2.54. The smallest absolute Gasteiger partial charge is 0.340 e. The third-order valence-electron chi connectivity index (χ3n) is 3.65. The molecule has 25 heavy (non-hydrogen) atoms. The molecule has 0 bridgehead atoms. The van der Waals surface area contributed by atoms with Gasteiger partial charge >= 0.3 is 11.9 Å². The molecule has 0 spiro atoms. The van der Waals surface area contributed by atoms with Gasteiger partial charge in [0.1, 0.15) is 5.75 Å². The van der Waals surface area contributed by atoms with E-state index in [9.17, 15) is 14.7 Å². The van der Waals surface area contributed by atoms with Gasteiger partial charge in [0.15, 0.2) is 0 Å². The highest BCUT2D eigenvalue weighted by Gasteiger charge is 2.27. The summed E-state index contributed by atoms with van der Waals surface area (Å²) in [6, 6.07) is 6.34. The van der Waals surface area contributed by atoms with Crippen LogP contribution >= 0.6 is 0 Å². The number of benzene rings is 1. The zero-order valence-corrected chi connectivity index (χ0v) is 14.8. The number of hydrogen-bond donors (Lipinski definition) is 1. The Morgan fingerprint density at radius 1 is 1.00 bits per heavy atom. The number of nitrogens with zero attached hydrogens (tertiary/aromatic N) is 1. The van der Waals surface area contributed by atoms with Gasteiger partial charge in [-0.05, 0) is 45.4 Å². The highest BCUT2D eigenvalue weighted by atomic mass is 16.5. The summed E-state index contributed by atoms with van der Waals surface area (Å²) < 4.78 is 10.3. The molecule has 132 valence electrons. The number of ether oxygens (including phenoxy) is 2. The van der Waals surface area contributed by atoms with E-state index in [0.29, 0.717) is 22.5 Å². The van der Waals surface area contributed by atoms with Crippen LogP contribution in [0.3, 0.4) is 0 Å². The first-order chi connectivity index (χ1) is 11.9. The maximum atomic E-state index is 12.5. The number of rotatable bonds is 5. The predicted molar refractivity (Wildman–Crippen MR) is 92.7 cm³/mol. The molecule has 0 unspecified atom stereocenters. The van der Waals surface area contributed by atoms with Crippen LogP contribution in [-0.4, -0.2) is 35.2 Å². The largest absolute Gasteiger partial charge is 0.508 e. The van der Waals surface area contributed by atoms with Crippen molar-refractivity contribution in [1.29, 1.82) is 0 Å². The fourth-order valence-electron chi connectivity index (χ4n) is 2.71. The minimum atomic E-state index is -0.573. The Labute approximate surface area is 146 Å². The number of pyridine rings is 1. The van der Waals surface area contributed by atoms with Crippen LogP contribution in [-0.2, 0) is 9.47 Å². The minimum Gasteiger partial charge on any atom is -0.508 e. The molecule has 0 amide bonds. The fourth-order valence-corrected chi connectivity index (χ4v) is 2.71. The van der Waals surface area contributed by atoms with Gasteiger partial charge in [-0.3, -0.25) is 4.98 Å². The summed E-state index contributed by atoms with van der Waals surface area (Å²) in [5.41, 5.74) is 2.16. The van der Waals surface area contributed by atoms with E-state index in [0.717, 1.165) is 0 Å². The highest BCUT2D eigenvalue weighted by Crippen LogP contribution is 2.34. The van der Waals surface area contributed by atoms with Gasteiger partial charge in [-0.2, -0.15) is 0 Å². The molecule has 1 heterocycles. The van der Waals surface area contributed by atoms with Crippen molar-refractivity contribution in [3.05, 3.63) is 46.8 Å². The average molecular weight is 343 g/mol. The molecule has 0 aliphatic heterocycles. The molecule has 0 radical (unpaired) electrons. The van der Waals surface area contributed by atoms with Gasteiger partial charge in [-0.15, -0.1) is 0 Å². The van der Waals surface area contributed by atoms with Crippen LogP contribution in [0.15, 0.2) is 24.3 Å². The summed E-state index contributed by atoms with van der Waals surface area (Å²) in [4.78, 5) is 29.3.